The van der Waals surface area contributed by atoms with Crippen LogP contribution in [0.25, 0.3) is 10.9 Å². The molecular weight excluding hydrogens is 528 g/mol. The number of anilines is 1. The topological polar surface area (TPSA) is 142 Å². The lowest BCUT2D eigenvalue weighted by atomic mass is 9.97. The van der Waals surface area contributed by atoms with E-state index in [0.29, 0.717) is 5.52 Å². The third-order valence-electron chi connectivity index (χ3n) is 7.00. The molecule has 12 heteroatoms. The van der Waals surface area contributed by atoms with E-state index in [9.17, 15) is 29.0 Å². The number of nitrogens with one attached hydrogen (secondary N) is 1. The van der Waals surface area contributed by atoms with Gasteiger partial charge in [-0.15, -0.1) is 0 Å². The highest BCUT2D eigenvalue weighted by atomic mass is 19.1. The van der Waals surface area contributed by atoms with Crippen molar-refractivity contribution in [3.8, 4) is 5.75 Å². The van der Waals surface area contributed by atoms with Gasteiger partial charge in [-0.2, -0.15) is 0 Å². The van der Waals surface area contributed by atoms with Crippen molar-refractivity contribution in [3.05, 3.63) is 69.5 Å². The number of ether oxygens (including phenoxy) is 2. The molecule has 0 radical (unpaired) electrons. The van der Waals surface area contributed by atoms with Crippen LogP contribution in [0.5, 0.6) is 5.75 Å². The van der Waals surface area contributed by atoms with Crippen LogP contribution in [0.3, 0.4) is 0 Å². The highest BCUT2D eigenvalue weighted by Gasteiger charge is 2.32. The molecule has 2 aliphatic rings. The van der Waals surface area contributed by atoms with Gasteiger partial charge < -0.3 is 29.7 Å². The summed E-state index contributed by atoms with van der Waals surface area (Å²) in [5, 5.41) is 27.0. The first kappa shape index (κ1) is 27.3. The first-order chi connectivity index (χ1) is 19.1. The number of carbonyl (C=O) groups excluding carboxylic acids is 1. The van der Waals surface area contributed by atoms with Gasteiger partial charge in [0.2, 0.25) is 5.43 Å². The van der Waals surface area contributed by atoms with Crippen LogP contribution in [0.4, 0.5) is 19.3 Å². The summed E-state index contributed by atoms with van der Waals surface area (Å²) in [5.41, 5.74) is -0.632. The Balaban J connectivity index is 1.28. The van der Waals surface area contributed by atoms with Crippen LogP contribution in [0, 0.1) is 23.0 Å². The lowest BCUT2D eigenvalue weighted by Gasteiger charge is -2.17. The van der Waals surface area contributed by atoms with Crippen molar-refractivity contribution < 1.29 is 38.1 Å². The number of fused-ring (bicyclic) bond motifs is 1. The number of carbonyl (C=O) groups is 2. The molecule has 1 amide bonds. The number of aromatic carboxylic acids is 1. The second-order valence-corrected chi connectivity index (χ2v) is 10.2. The molecule has 40 heavy (non-hydrogen) atoms. The number of nitrogens with zero attached hydrogens (tertiary/aromatic N) is 2. The van der Waals surface area contributed by atoms with Crippen molar-refractivity contribution in [3.63, 3.8) is 0 Å². The maximum atomic E-state index is 15.1. The molecule has 3 N–H and O–H groups in total. The van der Waals surface area contributed by atoms with E-state index >= 15 is 4.39 Å². The fourth-order valence-electron chi connectivity index (χ4n) is 4.76. The highest BCUT2D eigenvalue weighted by Crippen LogP contribution is 2.37. The number of cyclic esters (lactones) is 1. The molecule has 3 aromatic rings. The van der Waals surface area contributed by atoms with Gasteiger partial charge >= 0.3 is 12.1 Å². The Kier molecular flexibility index (Phi) is 7.28. The molecule has 1 saturated heterocycles. The molecular formula is C28H27F2N3O7. The van der Waals surface area contributed by atoms with E-state index in [4.69, 9.17) is 14.9 Å². The largest absolute Gasteiger partial charge is 0.490 e. The number of aliphatic hydroxyl groups is 1. The van der Waals surface area contributed by atoms with E-state index < -0.39 is 40.8 Å². The molecule has 0 unspecified atom stereocenters. The Bertz CT molecular complexity index is 1580. The summed E-state index contributed by atoms with van der Waals surface area (Å²) in [7, 11) is 0. The van der Waals surface area contributed by atoms with Gasteiger partial charge in [0.15, 0.2) is 11.6 Å². The van der Waals surface area contributed by atoms with E-state index in [2.05, 4.69) is 0 Å². The van der Waals surface area contributed by atoms with Gasteiger partial charge in [0.1, 0.15) is 17.5 Å². The minimum atomic E-state index is -1.38. The number of benzene rings is 2. The minimum Gasteiger partial charge on any atom is -0.490 e. The second-order valence-electron chi connectivity index (χ2n) is 10.2. The zero-order valence-corrected chi connectivity index (χ0v) is 21.5. The minimum absolute atomic E-state index is 0.00882. The number of halogens is 2. The molecule has 1 aromatic heterocycles. The van der Waals surface area contributed by atoms with Crippen LogP contribution in [-0.2, 0) is 4.74 Å². The third-order valence-corrected chi connectivity index (χ3v) is 7.00. The molecule has 210 valence electrons. The Morgan fingerprint density at radius 1 is 1.18 bits per heavy atom. The molecule has 1 saturated carbocycles. The standard InChI is InChI=1S/C28H27F2N3O7/c1-14(13-39-25-5-4-16(7-22(25)30)33-10-17(12-34)40-28(33)38)6-23(31)18-9-24-19(8-21(18)29)26(35)20(27(36)37)11-32(24)15-2-3-15/h4-5,7-9,11,14-15,17,31,34H,2-3,6,10,12-13H2,1H3,(H,36,37)/t14-,17+/m0/s1. The van der Waals surface area contributed by atoms with Crippen molar-refractivity contribution in [1.29, 1.82) is 5.41 Å². The normalized spacial score (nSPS) is 17.6. The molecule has 5 rings (SSSR count). The Hall–Kier alpha value is -4.32. The third kappa shape index (κ3) is 5.26. The summed E-state index contributed by atoms with van der Waals surface area (Å²) >= 11 is 0. The van der Waals surface area contributed by atoms with E-state index in [1.165, 1.54) is 29.3 Å². The van der Waals surface area contributed by atoms with E-state index in [0.717, 1.165) is 25.0 Å². The monoisotopic (exact) mass is 555 g/mol. The number of carboxylic acids is 1. The predicted molar refractivity (Wildman–Crippen MR) is 141 cm³/mol. The number of aliphatic hydroxyl groups excluding tert-OH is 1. The van der Waals surface area contributed by atoms with Crippen LogP contribution in [0.15, 0.2) is 41.3 Å². The number of amides is 1. The Morgan fingerprint density at radius 2 is 1.93 bits per heavy atom. The molecule has 2 aromatic carbocycles. The highest BCUT2D eigenvalue weighted by molar-refractivity contribution is 6.02. The summed E-state index contributed by atoms with van der Waals surface area (Å²) in [5.74, 6) is -3.28. The van der Waals surface area contributed by atoms with Gasteiger partial charge in [0.05, 0.1) is 31.0 Å². The van der Waals surface area contributed by atoms with Crippen LogP contribution < -0.4 is 15.1 Å². The maximum Gasteiger partial charge on any atom is 0.414 e. The van der Waals surface area contributed by atoms with Crippen LogP contribution in [-0.4, -0.2) is 58.4 Å². The van der Waals surface area contributed by atoms with E-state index in [1.54, 1.807) is 11.5 Å². The maximum absolute atomic E-state index is 15.1. The van der Waals surface area contributed by atoms with Crippen LogP contribution >= 0.6 is 0 Å². The molecule has 10 nitrogen and oxygen atoms in total. The van der Waals surface area contributed by atoms with Crippen molar-refractivity contribution >= 4 is 34.4 Å². The van der Waals surface area contributed by atoms with Gasteiger partial charge in [0.25, 0.3) is 0 Å². The van der Waals surface area contributed by atoms with Crippen molar-refractivity contribution in [2.75, 3.05) is 24.7 Å². The molecule has 2 heterocycles. The van der Waals surface area contributed by atoms with Crippen molar-refractivity contribution in [2.24, 2.45) is 5.92 Å². The Labute approximate surface area is 226 Å². The number of hydrogen-bond acceptors (Lipinski definition) is 7. The van der Waals surface area contributed by atoms with E-state index in [1.807, 2.05) is 0 Å². The molecule has 0 spiro atoms. The summed E-state index contributed by atoms with van der Waals surface area (Å²) < 4.78 is 42.0. The smallest absolute Gasteiger partial charge is 0.414 e. The SMILES string of the molecule is C[C@H](COc1ccc(N2C[C@H](CO)OC2=O)cc1F)CC(=N)c1cc2c(cc1F)c(=O)c(C(=O)O)cn2C1CC1. The quantitative estimate of drug-likeness (QED) is 0.320. The first-order valence-electron chi connectivity index (χ1n) is 12.8. The molecule has 2 atom stereocenters. The summed E-state index contributed by atoms with van der Waals surface area (Å²) in [6.07, 6.45) is 1.61. The van der Waals surface area contributed by atoms with Gasteiger partial charge in [-0.05, 0) is 49.4 Å². The molecule has 0 bridgehead atoms. The average molecular weight is 556 g/mol. The molecule has 2 fully saturated rings. The first-order valence-corrected chi connectivity index (χ1v) is 12.8. The lowest BCUT2D eigenvalue weighted by molar-refractivity contribution is 0.0694. The average Bonchev–Trinajstić information content (AvgIpc) is 3.68. The number of rotatable bonds is 10. The van der Waals surface area contributed by atoms with E-state index in [-0.39, 0.29) is 66.2 Å². The van der Waals surface area contributed by atoms with Crippen LogP contribution in [0.1, 0.15) is 48.1 Å². The number of carboxylic acid groups (broad SMARTS) is 1. The number of pyridine rings is 1. The fourth-order valence-corrected chi connectivity index (χ4v) is 4.76. The van der Waals surface area contributed by atoms with Gasteiger partial charge in [-0.1, -0.05) is 6.92 Å². The van der Waals surface area contributed by atoms with Gasteiger partial charge in [0, 0.05) is 35.0 Å². The zero-order chi connectivity index (χ0) is 28.7. The van der Waals surface area contributed by atoms with Crippen molar-refractivity contribution in [1.82, 2.24) is 4.57 Å². The summed E-state index contributed by atoms with van der Waals surface area (Å²) in [6, 6.07) is 6.40. The summed E-state index contributed by atoms with van der Waals surface area (Å²) in [6.45, 7) is 1.53. The van der Waals surface area contributed by atoms with Gasteiger partial charge in [-0.25, -0.2) is 18.4 Å². The molecule has 1 aliphatic heterocycles. The zero-order valence-electron chi connectivity index (χ0n) is 21.5. The van der Waals surface area contributed by atoms with Crippen LogP contribution in [0.2, 0.25) is 0 Å². The number of hydrogen-bond donors (Lipinski definition) is 3. The Morgan fingerprint density at radius 3 is 2.55 bits per heavy atom. The lowest BCUT2D eigenvalue weighted by Crippen LogP contribution is -2.25. The van der Waals surface area contributed by atoms with Gasteiger partial charge in [-0.3, -0.25) is 9.69 Å². The summed E-state index contributed by atoms with van der Waals surface area (Å²) in [4.78, 5) is 37.3. The second kappa shape index (κ2) is 10.7. The van der Waals surface area contributed by atoms with Crippen molar-refractivity contribution in [2.45, 2.75) is 38.3 Å². The number of aromatic nitrogens is 1. The predicted octanol–water partition coefficient (Wildman–Crippen LogP) is 4.10. The fraction of sp³-hybridized carbons (Fsp3) is 0.357. The molecule has 1 aliphatic carbocycles.